The van der Waals surface area contributed by atoms with Gasteiger partial charge < -0.3 is 5.73 Å². The highest BCUT2D eigenvalue weighted by Gasteiger charge is 2.14. The number of hydrogen-bond acceptors (Lipinski definition) is 4. The first-order chi connectivity index (χ1) is 16.0. The van der Waals surface area contributed by atoms with E-state index in [-0.39, 0.29) is 11.1 Å². The summed E-state index contributed by atoms with van der Waals surface area (Å²) in [5.41, 5.74) is 8.63. The second kappa shape index (κ2) is 9.12. The molecule has 0 unspecified atom stereocenters. The first-order valence-corrected chi connectivity index (χ1v) is 9.94. The largest absolute Gasteiger partial charge is 0.384 e. The van der Waals surface area contributed by atoms with Crippen molar-refractivity contribution in [3.63, 3.8) is 0 Å². The molecule has 5 nitrogen and oxygen atoms in total. The van der Waals surface area contributed by atoms with E-state index in [2.05, 4.69) is 9.97 Å². The summed E-state index contributed by atoms with van der Waals surface area (Å²) in [5.74, 6) is 0.421. The Hall–Kier alpha value is -4.20. The minimum atomic E-state index is -2.63. The van der Waals surface area contributed by atoms with Crippen molar-refractivity contribution in [1.82, 2.24) is 14.5 Å². The fourth-order valence-corrected chi connectivity index (χ4v) is 3.72. The molecule has 8 heteroatoms. The predicted molar refractivity (Wildman–Crippen MR) is 124 cm³/mol. The number of aromatic nitrogens is 3. The standard InChI is InChI=1S/C24H16F2N4O.CH3F/c25-24(26)15-2-1-3-18(10-15)30-22(31)9-6-17-13-28-20-7-4-14(11-19(20)23(17)30)16-5-8-21(27)29-12-16;1-2/h1-13,24H,(H2,27,29);1H3. The predicted octanol–water partition coefficient (Wildman–Crippen LogP) is 5.71. The molecule has 3 heterocycles. The summed E-state index contributed by atoms with van der Waals surface area (Å²) < 4.78 is 37.5. The van der Waals surface area contributed by atoms with Crippen molar-refractivity contribution >= 4 is 27.6 Å². The van der Waals surface area contributed by atoms with Gasteiger partial charge in [0.15, 0.2) is 0 Å². The van der Waals surface area contributed by atoms with E-state index < -0.39 is 6.43 Å². The maximum Gasteiger partial charge on any atom is 0.263 e. The van der Waals surface area contributed by atoms with Crippen LogP contribution >= 0.6 is 0 Å². The van der Waals surface area contributed by atoms with E-state index in [1.807, 2.05) is 24.3 Å². The lowest BCUT2D eigenvalue weighted by atomic mass is 10.0. The van der Waals surface area contributed by atoms with E-state index in [0.717, 1.165) is 21.9 Å². The van der Waals surface area contributed by atoms with Gasteiger partial charge in [0.05, 0.1) is 18.2 Å². The number of halogens is 3. The summed E-state index contributed by atoms with van der Waals surface area (Å²) in [5, 5.41) is 1.45. The van der Waals surface area contributed by atoms with Crippen molar-refractivity contribution in [3.8, 4) is 16.8 Å². The third-order valence-corrected chi connectivity index (χ3v) is 5.22. The number of fused-ring (bicyclic) bond motifs is 3. The van der Waals surface area contributed by atoms with Crippen LogP contribution in [0, 0.1) is 0 Å². The molecule has 5 aromatic rings. The van der Waals surface area contributed by atoms with E-state index in [4.69, 9.17) is 5.73 Å². The van der Waals surface area contributed by atoms with Crippen LogP contribution in [-0.2, 0) is 0 Å². The highest BCUT2D eigenvalue weighted by Crippen LogP contribution is 2.30. The zero-order valence-corrected chi connectivity index (χ0v) is 17.5. The van der Waals surface area contributed by atoms with Crippen LogP contribution in [0.4, 0.5) is 19.0 Å². The van der Waals surface area contributed by atoms with Gasteiger partial charge in [-0.1, -0.05) is 18.2 Å². The Balaban J connectivity index is 0.00000126. The van der Waals surface area contributed by atoms with Crippen molar-refractivity contribution in [3.05, 3.63) is 95.0 Å². The van der Waals surface area contributed by atoms with E-state index in [9.17, 15) is 18.0 Å². The quantitative estimate of drug-likeness (QED) is 0.359. The van der Waals surface area contributed by atoms with Gasteiger partial charge in [0.2, 0.25) is 0 Å². The molecule has 0 fully saturated rings. The van der Waals surface area contributed by atoms with Crippen LogP contribution in [0.3, 0.4) is 0 Å². The molecule has 0 aliphatic heterocycles. The fourth-order valence-electron chi connectivity index (χ4n) is 3.72. The van der Waals surface area contributed by atoms with Gasteiger partial charge in [0, 0.05) is 46.0 Å². The summed E-state index contributed by atoms with van der Waals surface area (Å²) >= 11 is 0. The van der Waals surface area contributed by atoms with Crippen LogP contribution in [-0.4, -0.2) is 21.7 Å². The van der Waals surface area contributed by atoms with Gasteiger partial charge in [-0.25, -0.2) is 13.8 Å². The van der Waals surface area contributed by atoms with E-state index >= 15 is 0 Å². The molecule has 0 bridgehead atoms. The van der Waals surface area contributed by atoms with Crippen molar-refractivity contribution in [1.29, 1.82) is 0 Å². The zero-order chi connectivity index (χ0) is 23.5. The molecule has 0 aliphatic rings. The summed E-state index contributed by atoms with van der Waals surface area (Å²) in [4.78, 5) is 21.5. The Labute approximate surface area is 187 Å². The molecule has 3 aromatic heterocycles. The van der Waals surface area contributed by atoms with Crippen molar-refractivity contribution in [2.75, 3.05) is 12.9 Å². The number of nitrogens with two attached hydrogens (primary N) is 1. The number of benzene rings is 2. The van der Waals surface area contributed by atoms with Gasteiger partial charge in [0.25, 0.3) is 12.0 Å². The second-order valence-corrected chi connectivity index (χ2v) is 7.17. The minimum Gasteiger partial charge on any atom is -0.384 e. The third kappa shape index (κ3) is 4.15. The van der Waals surface area contributed by atoms with Crippen LogP contribution in [0.15, 0.2) is 83.9 Å². The number of pyridine rings is 3. The molecule has 0 radical (unpaired) electrons. The molecular formula is C25H19F3N4O. The van der Waals surface area contributed by atoms with Crippen LogP contribution in [0.5, 0.6) is 0 Å². The Bertz CT molecular complexity index is 1500. The molecule has 166 valence electrons. The maximum absolute atomic E-state index is 13.3. The van der Waals surface area contributed by atoms with Crippen LogP contribution in [0.1, 0.15) is 12.0 Å². The highest BCUT2D eigenvalue weighted by molar-refractivity contribution is 6.05. The molecular weight excluding hydrogens is 429 g/mol. The van der Waals surface area contributed by atoms with Crippen molar-refractivity contribution in [2.24, 2.45) is 0 Å². The summed E-state index contributed by atoms with van der Waals surface area (Å²) in [6.45, 7) is 0. The van der Waals surface area contributed by atoms with Gasteiger partial charge in [-0.05, 0) is 48.0 Å². The lowest BCUT2D eigenvalue weighted by Gasteiger charge is -2.14. The monoisotopic (exact) mass is 448 g/mol. The molecule has 0 saturated heterocycles. The lowest BCUT2D eigenvalue weighted by molar-refractivity contribution is 0.151. The molecule has 0 atom stereocenters. The number of hydrogen-bond donors (Lipinski definition) is 1. The van der Waals surface area contributed by atoms with Crippen molar-refractivity contribution < 1.29 is 13.2 Å². The Morgan fingerprint density at radius 3 is 2.39 bits per heavy atom. The highest BCUT2D eigenvalue weighted by atomic mass is 19.3. The number of nitrogen functional groups attached to an aromatic ring is 1. The van der Waals surface area contributed by atoms with Gasteiger partial charge in [-0.3, -0.25) is 18.7 Å². The van der Waals surface area contributed by atoms with Gasteiger partial charge >= 0.3 is 0 Å². The molecule has 0 amide bonds. The van der Waals surface area contributed by atoms with Crippen molar-refractivity contribution in [2.45, 2.75) is 6.43 Å². The van der Waals surface area contributed by atoms with E-state index in [1.165, 1.54) is 28.8 Å². The lowest BCUT2D eigenvalue weighted by Crippen LogP contribution is -2.18. The molecule has 0 saturated carbocycles. The fraction of sp³-hybridized carbons (Fsp3) is 0.0800. The maximum atomic E-state index is 13.3. The second-order valence-electron chi connectivity index (χ2n) is 7.17. The number of anilines is 1. The first-order valence-electron chi connectivity index (χ1n) is 9.94. The topological polar surface area (TPSA) is 73.8 Å². The SMILES string of the molecule is CF.Nc1ccc(-c2ccc3ncc4ccc(=O)n(-c5cccc(C(F)F)c5)c4c3c2)cn1. The Morgan fingerprint density at radius 1 is 0.879 bits per heavy atom. The smallest absolute Gasteiger partial charge is 0.263 e. The average Bonchev–Trinajstić information content (AvgIpc) is 2.85. The molecule has 2 N–H and O–H groups in total. The summed E-state index contributed by atoms with van der Waals surface area (Å²) in [6.07, 6.45) is 0.720. The molecule has 33 heavy (non-hydrogen) atoms. The molecule has 2 aromatic carbocycles. The number of nitrogens with zero attached hydrogens (tertiary/aromatic N) is 3. The first kappa shape index (κ1) is 22.0. The summed E-state index contributed by atoms with van der Waals surface area (Å²) in [7, 11) is 0.500. The summed E-state index contributed by atoms with van der Waals surface area (Å²) in [6, 6.07) is 18.2. The molecule has 5 rings (SSSR count). The van der Waals surface area contributed by atoms with Gasteiger partial charge in [-0.15, -0.1) is 0 Å². The molecule has 0 spiro atoms. The zero-order valence-electron chi connectivity index (χ0n) is 17.5. The Kier molecular flexibility index (Phi) is 6.08. The number of rotatable bonds is 3. The van der Waals surface area contributed by atoms with E-state index in [1.54, 1.807) is 30.6 Å². The number of alkyl halides is 3. The van der Waals surface area contributed by atoms with Gasteiger partial charge in [-0.2, -0.15) is 0 Å². The third-order valence-electron chi connectivity index (χ3n) is 5.22. The minimum absolute atomic E-state index is 0.145. The van der Waals surface area contributed by atoms with E-state index in [0.29, 0.717) is 29.7 Å². The van der Waals surface area contributed by atoms with Gasteiger partial charge in [0.1, 0.15) is 5.82 Å². The normalized spacial score (nSPS) is 10.9. The van der Waals surface area contributed by atoms with Crippen LogP contribution < -0.4 is 11.3 Å². The molecule has 0 aliphatic carbocycles. The average molecular weight is 448 g/mol. The van der Waals surface area contributed by atoms with Crippen LogP contribution in [0.25, 0.3) is 38.6 Å². The Morgan fingerprint density at radius 2 is 1.67 bits per heavy atom. The van der Waals surface area contributed by atoms with Crippen LogP contribution in [0.2, 0.25) is 0 Å².